The largest absolute Gasteiger partial charge is 0.494 e. The fraction of sp³-hybridized carbons (Fsp3) is 0.0909. The van der Waals surface area contributed by atoms with Gasteiger partial charge >= 0.3 is 5.97 Å². The molecule has 2 aromatic rings. The van der Waals surface area contributed by atoms with Gasteiger partial charge in [0.05, 0.1) is 13.3 Å². The number of halogens is 1. The summed E-state index contributed by atoms with van der Waals surface area (Å²) in [6.07, 6.45) is 0.962. The molecule has 1 N–H and O–H groups in total. The molecular weight excluding hydrogens is 227 g/mol. The third-order valence-corrected chi connectivity index (χ3v) is 2.25. The van der Waals surface area contributed by atoms with Crippen molar-refractivity contribution in [1.82, 2.24) is 9.78 Å². The van der Waals surface area contributed by atoms with E-state index in [2.05, 4.69) is 5.10 Å². The maximum Gasteiger partial charge on any atom is 0.342 e. The summed E-state index contributed by atoms with van der Waals surface area (Å²) >= 11 is 0. The molecule has 88 valence electrons. The van der Waals surface area contributed by atoms with E-state index >= 15 is 0 Å². The van der Waals surface area contributed by atoms with E-state index < -0.39 is 17.5 Å². The number of aromatic carboxylic acids is 1. The summed E-state index contributed by atoms with van der Waals surface area (Å²) in [6.45, 7) is 0. The molecule has 0 bridgehead atoms. The number of rotatable bonds is 3. The van der Waals surface area contributed by atoms with Crippen molar-refractivity contribution in [2.75, 3.05) is 7.11 Å². The molecule has 0 aliphatic rings. The molecule has 1 heterocycles. The van der Waals surface area contributed by atoms with Crippen molar-refractivity contribution in [3.8, 4) is 11.4 Å². The molecule has 0 atom stereocenters. The predicted octanol–water partition coefficient (Wildman–Crippen LogP) is 1.72. The number of carbonyl (C=O) groups is 1. The van der Waals surface area contributed by atoms with Gasteiger partial charge in [0.25, 0.3) is 0 Å². The minimum absolute atomic E-state index is 0.347. The average Bonchev–Trinajstić information content (AvgIpc) is 2.71. The summed E-state index contributed by atoms with van der Waals surface area (Å²) in [5, 5.41) is 12.4. The Morgan fingerprint density at radius 2 is 2.18 bits per heavy atom. The Kier molecular flexibility index (Phi) is 2.78. The fourth-order valence-electron chi connectivity index (χ4n) is 1.45. The first-order valence-electron chi connectivity index (χ1n) is 4.75. The van der Waals surface area contributed by atoms with Gasteiger partial charge in [0.2, 0.25) is 5.95 Å². The number of hydrogen-bond acceptors (Lipinski definition) is 3. The van der Waals surface area contributed by atoms with Gasteiger partial charge in [-0.15, -0.1) is 0 Å². The van der Waals surface area contributed by atoms with Crippen LogP contribution in [0.1, 0.15) is 10.4 Å². The minimum atomic E-state index is -1.36. The van der Waals surface area contributed by atoms with Gasteiger partial charge in [-0.2, -0.15) is 9.49 Å². The minimum Gasteiger partial charge on any atom is -0.494 e. The molecule has 0 aliphatic heterocycles. The Balaban J connectivity index is 2.57. The van der Waals surface area contributed by atoms with Crippen molar-refractivity contribution in [2.45, 2.75) is 0 Å². The lowest BCUT2D eigenvalue weighted by atomic mass is 10.3. The molecule has 0 fully saturated rings. The quantitative estimate of drug-likeness (QED) is 0.881. The van der Waals surface area contributed by atoms with Crippen LogP contribution in [0.15, 0.2) is 30.5 Å². The maximum absolute atomic E-state index is 13.7. The first-order chi connectivity index (χ1) is 8.15. The molecule has 2 rings (SSSR count). The number of hydrogen-bond donors (Lipinski definition) is 1. The summed E-state index contributed by atoms with van der Waals surface area (Å²) in [7, 11) is 1.44. The van der Waals surface area contributed by atoms with E-state index in [4.69, 9.17) is 9.84 Å². The van der Waals surface area contributed by atoms with Gasteiger partial charge in [-0.3, -0.25) is 0 Å². The highest BCUT2D eigenvalue weighted by molar-refractivity contribution is 5.87. The Hall–Kier alpha value is -2.37. The highest BCUT2D eigenvalue weighted by atomic mass is 19.1. The lowest BCUT2D eigenvalue weighted by molar-refractivity contribution is 0.0691. The van der Waals surface area contributed by atoms with E-state index in [1.54, 1.807) is 24.3 Å². The molecule has 1 aromatic carbocycles. The number of methoxy groups -OCH3 is 1. The summed E-state index contributed by atoms with van der Waals surface area (Å²) in [4.78, 5) is 10.7. The van der Waals surface area contributed by atoms with Gasteiger partial charge in [-0.25, -0.2) is 9.48 Å². The van der Waals surface area contributed by atoms with Crippen molar-refractivity contribution in [3.63, 3.8) is 0 Å². The van der Waals surface area contributed by atoms with E-state index in [0.717, 1.165) is 10.9 Å². The molecule has 0 aliphatic carbocycles. The fourth-order valence-corrected chi connectivity index (χ4v) is 1.45. The SMILES string of the molecule is COc1ccccc1-n1ncc(C(=O)O)c1F. The standard InChI is InChI=1S/C11H9FN2O3/c1-17-9-5-3-2-4-8(9)14-10(12)7(6-13-14)11(15)16/h2-6H,1H3,(H,15,16). The van der Waals surface area contributed by atoms with Gasteiger partial charge in [-0.1, -0.05) is 12.1 Å². The van der Waals surface area contributed by atoms with Crippen molar-refractivity contribution >= 4 is 5.97 Å². The topological polar surface area (TPSA) is 64.4 Å². The van der Waals surface area contributed by atoms with E-state index in [1.807, 2.05) is 0 Å². The summed E-state index contributed by atoms with van der Waals surface area (Å²) in [5.41, 5.74) is -0.129. The van der Waals surface area contributed by atoms with Crippen LogP contribution in [0.4, 0.5) is 4.39 Å². The van der Waals surface area contributed by atoms with Crippen LogP contribution in [0.25, 0.3) is 5.69 Å². The second-order valence-corrected chi connectivity index (χ2v) is 3.24. The number of carboxylic acids is 1. The summed E-state index contributed by atoms with van der Waals surface area (Å²) < 4.78 is 19.7. The van der Waals surface area contributed by atoms with Crippen LogP contribution in [0.2, 0.25) is 0 Å². The lowest BCUT2D eigenvalue weighted by Crippen LogP contribution is -2.05. The number of para-hydroxylation sites is 2. The Morgan fingerprint density at radius 1 is 1.47 bits per heavy atom. The summed E-state index contributed by atoms with van der Waals surface area (Å²) in [6, 6.07) is 6.62. The molecule has 6 heteroatoms. The molecule has 17 heavy (non-hydrogen) atoms. The second kappa shape index (κ2) is 4.25. The zero-order chi connectivity index (χ0) is 12.4. The zero-order valence-corrected chi connectivity index (χ0v) is 8.92. The molecule has 0 saturated carbocycles. The lowest BCUT2D eigenvalue weighted by Gasteiger charge is -2.07. The number of ether oxygens (including phenoxy) is 1. The summed E-state index contributed by atoms with van der Waals surface area (Å²) in [5.74, 6) is -1.88. The third-order valence-electron chi connectivity index (χ3n) is 2.25. The van der Waals surface area contributed by atoms with Crippen LogP contribution >= 0.6 is 0 Å². The van der Waals surface area contributed by atoms with Gasteiger partial charge in [-0.05, 0) is 12.1 Å². The number of benzene rings is 1. The van der Waals surface area contributed by atoms with Crippen molar-refractivity contribution < 1.29 is 19.0 Å². The van der Waals surface area contributed by atoms with Crippen LogP contribution < -0.4 is 4.74 Å². The van der Waals surface area contributed by atoms with E-state index in [9.17, 15) is 9.18 Å². The van der Waals surface area contributed by atoms with Gasteiger partial charge < -0.3 is 9.84 Å². The average molecular weight is 236 g/mol. The zero-order valence-electron chi connectivity index (χ0n) is 8.92. The van der Waals surface area contributed by atoms with E-state index in [-0.39, 0.29) is 0 Å². The smallest absolute Gasteiger partial charge is 0.342 e. The highest BCUT2D eigenvalue weighted by Crippen LogP contribution is 2.23. The van der Waals surface area contributed by atoms with Gasteiger partial charge in [0.15, 0.2) is 0 Å². The number of carboxylic acid groups (broad SMARTS) is 1. The van der Waals surface area contributed by atoms with Crippen molar-refractivity contribution in [3.05, 3.63) is 42.0 Å². The molecule has 0 radical (unpaired) electrons. The number of nitrogens with zero attached hydrogens (tertiary/aromatic N) is 2. The first kappa shape index (κ1) is 11.1. The van der Waals surface area contributed by atoms with Crippen LogP contribution in [0.3, 0.4) is 0 Å². The van der Waals surface area contributed by atoms with Crippen LogP contribution in [-0.2, 0) is 0 Å². The van der Waals surface area contributed by atoms with Crippen molar-refractivity contribution in [1.29, 1.82) is 0 Å². The Labute approximate surface area is 96.1 Å². The first-order valence-corrected chi connectivity index (χ1v) is 4.75. The van der Waals surface area contributed by atoms with Crippen LogP contribution in [0.5, 0.6) is 5.75 Å². The molecule has 5 nitrogen and oxygen atoms in total. The molecule has 0 unspecified atom stereocenters. The van der Waals surface area contributed by atoms with Gasteiger partial charge in [0, 0.05) is 0 Å². The number of aromatic nitrogens is 2. The molecule has 0 spiro atoms. The maximum atomic E-state index is 13.7. The predicted molar refractivity (Wildman–Crippen MR) is 57.0 cm³/mol. The van der Waals surface area contributed by atoms with Crippen LogP contribution in [-0.4, -0.2) is 28.0 Å². The van der Waals surface area contributed by atoms with Crippen molar-refractivity contribution in [2.24, 2.45) is 0 Å². The normalized spacial score (nSPS) is 10.2. The molecule has 1 aromatic heterocycles. The Bertz CT molecular complexity index is 566. The molecule has 0 saturated heterocycles. The van der Waals surface area contributed by atoms with E-state index in [1.165, 1.54) is 7.11 Å². The molecular formula is C11H9FN2O3. The second-order valence-electron chi connectivity index (χ2n) is 3.24. The van der Waals surface area contributed by atoms with Crippen LogP contribution in [0, 0.1) is 5.95 Å². The third kappa shape index (κ3) is 1.84. The molecule has 0 amide bonds. The monoisotopic (exact) mass is 236 g/mol. The van der Waals surface area contributed by atoms with Gasteiger partial charge in [0.1, 0.15) is 17.0 Å². The Morgan fingerprint density at radius 3 is 2.76 bits per heavy atom. The van der Waals surface area contributed by atoms with E-state index in [0.29, 0.717) is 11.4 Å². The highest BCUT2D eigenvalue weighted by Gasteiger charge is 2.19.